The lowest BCUT2D eigenvalue weighted by molar-refractivity contribution is 0.222. The Bertz CT molecular complexity index is 314. The van der Waals surface area contributed by atoms with Gasteiger partial charge in [-0.15, -0.1) is 0 Å². The van der Waals surface area contributed by atoms with Gasteiger partial charge in [-0.3, -0.25) is 0 Å². The molecule has 0 saturated carbocycles. The van der Waals surface area contributed by atoms with Gasteiger partial charge in [-0.25, -0.2) is 4.98 Å². The fourth-order valence-corrected chi connectivity index (χ4v) is 2.07. The van der Waals surface area contributed by atoms with Crippen LogP contribution in [-0.4, -0.2) is 16.5 Å². The monoisotopic (exact) mass is 193 g/mol. The fraction of sp³-hybridized carbons (Fsp3) is 0.727. The topological polar surface area (TPSA) is 40.7 Å². The zero-order chi connectivity index (χ0) is 10.2. The number of aromatic nitrogens is 2. The maximum atomic E-state index is 4.43. The molecule has 0 aliphatic carbocycles. The van der Waals surface area contributed by atoms with Crippen LogP contribution in [-0.2, 0) is 6.42 Å². The standard InChI is InChI=1S/C11H19N3/c1-4-11(2,3)10-9-8(5-6-12-10)13-7-14-9/h7,10,12H,4-6H2,1-3H3,(H,13,14). The van der Waals surface area contributed by atoms with Crippen LogP contribution in [0.3, 0.4) is 0 Å². The average molecular weight is 193 g/mol. The number of aromatic amines is 1. The summed E-state index contributed by atoms with van der Waals surface area (Å²) in [5.74, 6) is 0. The van der Waals surface area contributed by atoms with Gasteiger partial charge in [-0.1, -0.05) is 20.8 Å². The molecule has 0 aromatic carbocycles. The molecule has 2 rings (SSSR count). The first-order valence-electron chi connectivity index (χ1n) is 5.40. The lowest BCUT2D eigenvalue weighted by atomic mass is 9.78. The minimum Gasteiger partial charge on any atom is -0.348 e. The third-order valence-electron chi connectivity index (χ3n) is 3.44. The van der Waals surface area contributed by atoms with Gasteiger partial charge in [0.25, 0.3) is 0 Å². The second-order valence-corrected chi connectivity index (χ2v) is 4.75. The number of imidazole rings is 1. The molecule has 3 nitrogen and oxygen atoms in total. The highest BCUT2D eigenvalue weighted by atomic mass is 15.0. The Kier molecular flexibility index (Phi) is 2.35. The van der Waals surface area contributed by atoms with E-state index >= 15 is 0 Å². The van der Waals surface area contributed by atoms with Crippen molar-refractivity contribution in [1.82, 2.24) is 15.3 Å². The molecule has 1 aromatic rings. The second kappa shape index (κ2) is 3.39. The van der Waals surface area contributed by atoms with Gasteiger partial charge in [0, 0.05) is 18.7 Å². The molecule has 0 bridgehead atoms. The largest absolute Gasteiger partial charge is 0.348 e. The van der Waals surface area contributed by atoms with Crippen molar-refractivity contribution in [2.75, 3.05) is 6.54 Å². The molecular formula is C11H19N3. The molecule has 2 heterocycles. The summed E-state index contributed by atoms with van der Waals surface area (Å²) in [7, 11) is 0. The van der Waals surface area contributed by atoms with Gasteiger partial charge in [0.1, 0.15) is 0 Å². The molecule has 0 spiro atoms. The molecule has 0 saturated heterocycles. The van der Waals surface area contributed by atoms with Crippen LogP contribution in [0.4, 0.5) is 0 Å². The predicted octanol–water partition coefficient (Wildman–Crippen LogP) is 2.03. The quantitative estimate of drug-likeness (QED) is 0.754. The summed E-state index contributed by atoms with van der Waals surface area (Å²) in [6, 6.07) is 0.405. The van der Waals surface area contributed by atoms with Gasteiger partial charge in [-0.2, -0.15) is 0 Å². The van der Waals surface area contributed by atoms with Crippen LogP contribution in [0.2, 0.25) is 0 Å². The summed E-state index contributed by atoms with van der Waals surface area (Å²) in [6.45, 7) is 7.90. The van der Waals surface area contributed by atoms with E-state index in [0.717, 1.165) is 19.4 Å². The van der Waals surface area contributed by atoms with Crippen molar-refractivity contribution in [2.24, 2.45) is 5.41 Å². The summed E-state index contributed by atoms with van der Waals surface area (Å²) >= 11 is 0. The number of nitrogens with one attached hydrogen (secondary N) is 2. The lowest BCUT2D eigenvalue weighted by Gasteiger charge is -2.36. The summed E-state index contributed by atoms with van der Waals surface area (Å²) in [4.78, 5) is 7.67. The maximum absolute atomic E-state index is 4.43. The zero-order valence-electron chi connectivity index (χ0n) is 9.22. The molecule has 0 radical (unpaired) electrons. The Morgan fingerprint density at radius 2 is 2.36 bits per heavy atom. The number of fused-ring (bicyclic) bond motifs is 1. The molecule has 1 atom stereocenters. The van der Waals surface area contributed by atoms with Crippen LogP contribution in [0.5, 0.6) is 0 Å². The molecule has 2 N–H and O–H groups in total. The first-order valence-corrected chi connectivity index (χ1v) is 5.40. The van der Waals surface area contributed by atoms with Gasteiger partial charge < -0.3 is 10.3 Å². The first kappa shape index (κ1) is 9.71. The molecule has 0 amide bonds. The Balaban J connectivity index is 2.32. The van der Waals surface area contributed by atoms with Crippen molar-refractivity contribution < 1.29 is 0 Å². The van der Waals surface area contributed by atoms with Crippen LogP contribution in [0.1, 0.15) is 44.6 Å². The number of nitrogens with zero attached hydrogens (tertiary/aromatic N) is 1. The summed E-state index contributed by atoms with van der Waals surface area (Å²) < 4.78 is 0. The number of H-pyrrole nitrogens is 1. The Hall–Kier alpha value is -0.830. The highest BCUT2D eigenvalue weighted by Gasteiger charge is 2.34. The van der Waals surface area contributed by atoms with Crippen LogP contribution in [0.25, 0.3) is 0 Å². The molecule has 0 fully saturated rings. The van der Waals surface area contributed by atoms with Crippen molar-refractivity contribution in [2.45, 2.75) is 39.7 Å². The molecule has 1 aliphatic heterocycles. The van der Waals surface area contributed by atoms with E-state index in [2.05, 4.69) is 36.1 Å². The first-order chi connectivity index (χ1) is 6.65. The van der Waals surface area contributed by atoms with Gasteiger partial charge in [-0.05, 0) is 11.8 Å². The van der Waals surface area contributed by atoms with Crippen molar-refractivity contribution >= 4 is 0 Å². The van der Waals surface area contributed by atoms with E-state index < -0.39 is 0 Å². The number of hydrogen-bond donors (Lipinski definition) is 2. The fourth-order valence-electron chi connectivity index (χ4n) is 2.07. The smallest absolute Gasteiger partial charge is 0.0925 e. The van der Waals surface area contributed by atoms with E-state index in [1.807, 2.05) is 6.33 Å². The van der Waals surface area contributed by atoms with E-state index in [1.54, 1.807) is 0 Å². The Morgan fingerprint density at radius 3 is 3.07 bits per heavy atom. The average Bonchev–Trinajstić information content (AvgIpc) is 2.64. The lowest BCUT2D eigenvalue weighted by Crippen LogP contribution is -2.39. The SMILES string of the molecule is CCC(C)(C)C1NCCc2[nH]cnc21. The van der Waals surface area contributed by atoms with E-state index in [4.69, 9.17) is 0 Å². The Labute approximate surface area is 85.3 Å². The minimum atomic E-state index is 0.282. The Morgan fingerprint density at radius 1 is 1.57 bits per heavy atom. The van der Waals surface area contributed by atoms with Crippen LogP contribution in [0.15, 0.2) is 6.33 Å². The number of hydrogen-bond acceptors (Lipinski definition) is 2. The summed E-state index contributed by atoms with van der Waals surface area (Å²) in [6.07, 6.45) is 4.05. The molecule has 78 valence electrons. The van der Waals surface area contributed by atoms with E-state index in [-0.39, 0.29) is 5.41 Å². The molecular weight excluding hydrogens is 174 g/mol. The molecule has 3 heteroatoms. The molecule has 1 aliphatic rings. The van der Waals surface area contributed by atoms with Crippen molar-refractivity contribution in [3.05, 3.63) is 17.7 Å². The van der Waals surface area contributed by atoms with Crippen LogP contribution < -0.4 is 5.32 Å². The highest BCUT2D eigenvalue weighted by molar-refractivity contribution is 5.21. The summed E-state index contributed by atoms with van der Waals surface area (Å²) in [5, 5.41) is 3.57. The van der Waals surface area contributed by atoms with E-state index in [0.29, 0.717) is 6.04 Å². The molecule has 1 aromatic heterocycles. The second-order valence-electron chi connectivity index (χ2n) is 4.75. The normalized spacial score (nSPS) is 22.1. The van der Waals surface area contributed by atoms with Gasteiger partial charge in [0.2, 0.25) is 0 Å². The zero-order valence-corrected chi connectivity index (χ0v) is 9.22. The van der Waals surface area contributed by atoms with Gasteiger partial charge in [0.15, 0.2) is 0 Å². The van der Waals surface area contributed by atoms with E-state index in [9.17, 15) is 0 Å². The maximum Gasteiger partial charge on any atom is 0.0925 e. The number of rotatable bonds is 2. The van der Waals surface area contributed by atoms with Crippen molar-refractivity contribution in [1.29, 1.82) is 0 Å². The van der Waals surface area contributed by atoms with Crippen molar-refractivity contribution in [3.8, 4) is 0 Å². The van der Waals surface area contributed by atoms with Gasteiger partial charge in [0.05, 0.1) is 18.1 Å². The molecule has 14 heavy (non-hydrogen) atoms. The summed E-state index contributed by atoms with van der Waals surface area (Å²) in [5.41, 5.74) is 2.82. The third-order valence-corrected chi connectivity index (χ3v) is 3.44. The van der Waals surface area contributed by atoms with Crippen LogP contribution in [0, 0.1) is 5.41 Å². The minimum absolute atomic E-state index is 0.282. The predicted molar refractivity (Wildman–Crippen MR) is 57.1 cm³/mol. The van der Waals surface area contributed by atoms with Gasteiger partial charge >= 0.3 is 0 Å². The molecule has 1 unspecified atom stereocenters. The van der Waals surface area contributed by atoms with E-state index in [1.165, 1.54) is 11.4 Å². The van der Waals surface area contributed by atoms with Crippen LogP contribution >= 0.6 is 0 Å². The van der Waals surface area contributed by atoms with Crippen molar-refractivity contribution in [3.63, 3.8) is 0 Å². The highest BCUT2D eigenvalue weighted by Crippen LogP contribution is 2.37. The third kappa shape index (κ3) is 1.46.